The molecule has 2 fully saturated rings. The van der Waals surface area contributed by atoms with Crippen molar-refractivity contribution in [2.75, 3.05) is 19.6 Å². The smallest absolute Gasteiger partial charge is 0.00383 e. The summed E-state index contributed by atoms with van der Waals surface area (Å²) in [5, 5.41) is 0. The first-order valence-corrected chi connectivity index (χ1v) is 6.84. The van der Waals surface area contributed by atoms with Crippen LogP contribution in [0.5, 0.6) is 0 Å². The van der Waals surface area contributed by atoms with Crippen molar-refractivity contribution in [2.45, 2.75) is 59.3 Å². The lowest BCUT2D eigenvalue weighted by Crippen LogP contribution is -2.34. The quantitative estimate of drug-likeness (QED) is 0.670. The lowest BCUT2D eigenvalue weighted by molar-refractivity contribution is 0.0910. The second-order valence-electron chi connectivity index (χ2n) is 6.28. The molecule has 1 nitrogen and oxygen atoms in total. The molecule has 2 rings (SSSR count). The first-order chi connectivity index (χ1) is 7.11. The fourth-order valence-electron chi connectivity index (χ4n) is 3.44. The normalized spacial score (nSPS) is 42.6. The van der Waals surface area contributed by atoms with Crippen LogP contribution in [0.3, 0.4) is 0 Å². The van der Waals surface area contributed by atoms with Gasteiger partial charge in [0.2, 0.25) is 0 Å². The Morgan fingerprint density at radius 3 is 2.13 bits per heavy atom. The molecule has 2 aliphatic rings. The molecule has 88 valence electrons. The van der Waals surface area contributed by atoms with E-state index in [1.807, 2.05) is 0 Å². The highest BCUT2D eigenvalue weighted by Crippen LogP contribution is 2.50. The molecule has 1 aliphatic carbocycles. The topological polar surface area (TPSA) is 3.24 Å². The van der Waals surface area contributed by atoms with Crippen LogP contribution in [0, 0.1) is 10.8 Å². The van der Waals surface area contributed by atoms with Gasteiger partial charge in [0.1, 0.15) is 0 Å². The summed E-state index contributed by atoms with van der Waals surface area (Å²) in [7, 11) is 0. The third-order valence-electron chi connectivity index (χ3n) is 5.34. The first-order valence-electron chi connectivity index (χ1n) is 6.84. The van der Waals surface area contributed by atoms with Crippen molar-refractivity contribution in [3.63, 3.8) is 0 Å². The van der Waals surface area contributed by atoms with Gasteiger partial charge in [0.25, 0.3) is 0 Å². The standard InChI is InChI=1S/C14H27N/c1-4-13(3)6-8-14(9-7-13)10-11-15(5-2)12-14/h4-12H2,1-3H3. The van der Waals surface area contributed by atoms with E-state index in [9.17, 15) is 0 Å². The average Bonchev–Trinajstić information content (AvgIpc) is 2.68. The second-order valence-corrected chi connectivity index (χ2v) is 6.28. The van der Waals surface area contributed by atoms with Gasteiger partial charge in [-0.05, 0) is 56.0 Å². The molecule has 0 radical (unpaired) electrons. The second kappa shape index (κ2) is 4.08. The third kappa shape index (κ3) is 2.22. The molecule has 0 N–H and O–H groups in total. The van der Waals surface area contributed by atoms with Gasteiger partial charge in [0, 0.05) is 6.54 Å². The van der Waals surface area contributed by atoms with Crippen LogP contribution in [-0.2, 0) is 0 Å². The van der Waals surface area contributed by atoms with Gasteiger partial charge < -0.3 is 4.90 Å². The Hall–Kier alpha value is -0.0400. The fourth-order valence-corrected chi connectivity index (χ4v) is 3.44. The number of nitrogens with zero attached hydrogens (tertiary/aromatic N) is 1. The monoisotopic (exact) mass is 209 g/mol. The number of hydrogen-bond acceptors (Lipinski definition) is 1. The maximum atomic E-state index is 2.65. The number of likely N-dealkylation sites (tertiary alicyclic amines) is 1. The van der Waals surface area contributed by atoms with Crippen LogP contribution in [0.1, 0.15) is 59.3 Å². The SMILES string of the molecule is CCN1CCC2(CCC(C)(CC)CC2)C1. The first kappa shape index (κ1) is 11.4. The average molecular weight is 209 g/mol. The van der Waals surface area contributed by atoms with Crippen molar-refractivity contribution in [3.8, 4) is 0 Å². The van der Waals surface area contributed by atoms with Crippen molar-refractivity contribution >= 4 is 0 Å². The van der Waals surface area contributed by atoms with E-state index in [2.05, 4.69) is 25.7 Å². The molecule has 0 aromatic carbocycles. The lowest BCUT2D eigenvalue weighted by Gasteiger charge is -2.43. The molecule has 0 unspecified atom stereocenters. The van der Waals surface area contributed by atoms with Gasteiger partial charge in [-0.3, -0.25) is 0 Å². The Kier molecular flexibility index (Phi) is 3.12. The van der Waals surface area contributed by atoms with Crippen LogP contribution in [0.2, 0.25) is 0 Å². The summed E-state index contributed by atoms with van der Waals surface area (Å²) in [6, 6.07) is 0. The Labute approximate surface area is 95.2 Å². The predicted octanol–water partition coefficient (Wildman–Crippen LogP) is 3.69. The highest BCUT2D eigenvalue weighted by molar-refractivity contribution is 4.95. The van der Waals surface area contributed by atoms with Crippen molar-refractivity contribution in [1.29, 1.82) is 0 Å². The van der Waals surface area contributed by atoms with Gasteiger partial charge in [-0.1, -0.05) is 27.2 Å². The van der Waals surface area contributed by atoms with Crippen LogP contribution in [0.25, 0.3) is 0 Å². The minimum atomic E-state index is 0.672. The molecule has 1 spiro atoms. The predicted molar refractivity (Wildman–Crippen MR) is 66.0 cm³/mol. The fraction of sp³-hybridized carbons (Fsp3) is 1.00. The van der Waals surface area contributed by atoms with Gasteiger partial charge >= 0.3 is 0 Å². The zero-order valence-electron chi connectivity index (χ0n) is 10.8. The van der Waals surface area contributed by atoms with E-state index in [1.165, 1.54) is 58.2 Å². The lowest BCUT2D eigenvalue weighted by atomic mass is 9.63. The summed E-state index contributed by atoms with van der Waals surface area (Å²) in [5.41, 5.74) is 1.40. The molecule has 15 heavy (non-hydrogen) atoms. The largest absolute Gasteiger partial charge is 0.303 e. The molecule has 0 aromatic heterocycles. The van der Waals surface area contributed by atoms with E-state index < -0.39 is 0 Å². The Morgan fingerprint density at radius 1 is 1.00 bits per heavy atom. The van der Waals surface area contributed by atoms with Crippen molar-refractivity contribution < 1.29 is 0 Å². The summed E-state index contributed by atoms with van der Waals surface area (Å²) in [5.74, 6) is 0. The van der Waals surface area contributed by atoms with Crippen LogP contribution in [0.4, 0.5) is 0 Å². The van der Waals surface area contributed by atoms with Crippen LogP contribution >= 0.6 is 0 Å². The molecule has 0 atom stereocenters. The Bertz CT molecular complexity index is 213. The summed E-state index contributed by atoms with van der Waals surface area (Å²) in [4.78, 5) is 2.65. The van der Waals surface area contributed by atoms with Crippen molar-refractivity contribution in [3.05, 3.63) is 0 Å². The van der Waals surface area contributed by atoms with Gasteiger partial charge in [-0.15, -0.1) is 0 Å². The van der Waals surface area contributed by atoms with E-state index in [-0.39, 0.29) is 0 Å². The van der Waals surface area contributed by atoms with Crippen molar-refractivity contribution in [2.24, 2.45) is 10.8 Å². The molecular weight excluding hydrogens is 182 g/mol. The summed E-state index contributed by atoms with van der Waals surface area (Å²) in [6.07, 6.45) is 8.78. The molecule has 0 bridgehead atoms. The highest BCUT2D eigenvalue weighted by atomic mass is 15.1. The van der Waals surface area contributed by atoms with E-state index >= 15 is 0 Å². The molecule has 1 saturated heterocycles. The van der Waals surface area contributed by atoms with Crippen LogP contribution < -0.4 is 0 Å². The molecule has 1 aliphatic heterocycles. The zero-order valence-corrected chi connectivity index (χ0v) is 10.8. The van der Waals surface area contributed by atoms with Gasteiger partial charge in [-0.25, -0.2) is 0 Å². The zero-order chi connectivity index (χ0) is 10.9. The minimum absolute atomic E-state index is 0.672. The minimum Gasteiger partial charge on any atom is -0.303 e. The maximum Gasteiger partial charge on any atom is 0.00383 e. The summed E-state index contributed by atoms with van der Waals surface area (Å²) < 4.78 is 0. The molecule has 0 amide bonds. The summed E-state index contributed by atoms with van der Waals surface area (Å²) in [6.45, 7) is 11.2. The molecular formula is C14H27N. The number of rotatable bonds is 2. The van der Waals surface area contributed by atoms with Gasteiger partial charge in [0.05, 0.1) is 0 Å². The molecule has 1 heteroatoms. The van der Waals surface area contributed by atoms with E-state index in [0.717, 1.165) is 5.41 Å². The van der Waals surface area contributed by atoms with E-state index in [4.69, 9.17) is 0 Å². The molecule has 1 saturated carbocycles. The molecule has 0 aromatic rings. The molecule has 1 heterocycles. The Morgan fingerprint density at radius 2 is 1.67 bits per heavy atom. The Balaban J connectivity index is 1.93. The van der Waals surface area contributed by atoms with Crippen molar-refractivity contribution in [1.82, 2.24) is 4.90 Å². The van der Waals surface area contributed by atoms with E-state index in [1.54, 1.807) is 0 Å². The highest BCUT2D eigenvalue weighted by Gasteiger charge is 2.43. The van der Waals surface area contributed by atoms with Crippen LogP contribution in [0.15, 0.2) is 0 Å². The summed E-state index contributed by atoms with van der Waals surface area (Å²) >= 11 is 0. The maximum absolute atomic E-state index is 2.65. The van der Waals surface area contributed by atoms with Gasteiger partial charge in [0.15, 0.2) is 0 Å². The van der Waals surface area contributed by atoms with E-state index in [0.29, 0.717) is 5.41 Å². The third-order valence-corrected chi connectivity index (χ3v) is 5.34. The van der Waals surface area contributed by atoms with Gasteiger partial charge in [-0.2, -0.15) is 0 Å². The van der Waals surface area contributed by atoms with Crippen LogP contribution in [-0.4, -0.2) is 24.5 Å². The number of hydrogen-bond donors (Lipinski definition) is 0.